The van der Waals surface area contributed by atoms with Gasteiger partial charge in [0, 0.05) is 19.7 Å². The zero-order valence-electron chi connectivity index (χ0n) is 12.0. The van der Waals surface area contributed by atoms with Crippen molar-refractivity contribution >= 4 is 0 Å². The zero-order chi connectivity index (χ0) is 14.1. The predicted molar refractivity (Wildman–Crippen MR) is 75.2 cm³/mol. The highest BCUT2D eigenvalue weighted by Crippen LogP contribution is 2.19. The van der Waals surface area contributed by atoms with Crippen LogP contribution in [0.3, 0.4) is 0 Å². The minimum absolute atomic E-state index is 0.584. The summed E-state index contributed by atoms with van der Waals surface area (Å²) in [4.78, 5) is 2.29. The van der Waals surface area contributed by atoms with Crippen molar-refractivity contribution in [1.29, 1.82) is 5.26 Å². The molecule has 0 aromatic heterocycles. The molecule has 104 valence electrons. The lowest BCUT2D eigenvalue weighted by Crippen LogP contribution is -2.27. The second-order valence-corrected chi connectivity index (χ2v) is 4.21. The number of methoxy groups -OCH3 is 1. The van der Waals surface area contributed by atoms with Gasteiger partial charge in [0.25, 0.3) is 0 Å². The number of hydrogen-bond donors (Lipinski definition) is 0. The largest absolute Gasteiger partial charge is 0.495 e. The third kappa shape index (κ3) is 4.90. The van der Waals surface area contributed by atoms with Crippen LogP contribution in [0.1, 0.15) is 25.0 Å². The SMILES string of the molecule is CCOCCN(CC)Cc1ccc(OC)c(C#N)c1. The van der Waals surface area contributed by atoms with Crippen LogP contribution < -0.4 is 4.74 Å². The first-order valence-electron chi connectivity index (χ1n) is 6.62. The summed E-state index contributed by atoms with van der Waals surface area (Å²) < 4.78 is 10.5. The molecule has 1 aromatic carbocycles. The van der Waals surface area contributed by atoms with Gasteiger partial charge in [-0.25, -0.2) is 0 Å². The third-order valence-electron chi connectivity index (χ3n) is 2.99. The van der Waals surface area contributed by atoms with E-state index < -0.39 is 0 Å². The molecule has 0 aliphatic heterocycles. The Balaban J connectivity index is 2.67. The Labute approximate surface area is 115 Å². The standard InChI is InChI=1S/C15H22N2O2/c1-4-17(8-9-19-5-2)12-13-6-7-15(18-3)14(10-13)11-16/h6-7,10H,4-5,8-9,12H2,1-3H3. The van der Waals surface area contributed by atoms with E-state index in [2.05, 4.69) is 17.9 Å². The summed E-state index contributed by atoms with van der Waals surface area (Å²) in [5, 5.41) is 9.08. The molecule has 0 amide bonds. The highest BCUT2D eigenvalue weighted by atomic mass is 16.5. The van der Waals surface area contributed by atoms with Gasteiger partial charge >= 0.3 is 0 Å². The van der Waals surface area contributed by atoms with Crippen molar-refractivity contribution in [1.82, 2.24) is 4.90 Å². The Kier molecular flexibility index (Phi) is 6.94. The van der Waals surface area contributed by atoms with Crippen molar-refractivity contribution in [2.75, 3.05) is 33.4 Å². The number of likely N-dealkylation sites (N-methyl/N-ethyl adjacent to an activating group) is 1. The molecule has 0 aliphatic rings. The monoisotopic (exact) mass is 262 g/mol. The van der Waals surface area contributed by atoms with E-state index in [-0.39, 0.29) is 0 Å². The molecule has 0 spiro atoms. The molecule has 0 aliphatic carbocycles. The van der Waals surface area contributed by atoms with E-state index in [1.54, 1.807) is 7.11 Å². The fourth-order valence-corrected chi connectivity index (χ4v) is 1.89. The quantitative estimate of drug-likeness (QED) is 0.675. The second-order valence-electron chi connectivity index (χ2n) is 4.21. The lowest BCUT2D eigenvalue weighted by Gasteiger charge is -2.20. The second kappa shape index (κ2) is 8.52. The highest BCUT2D eigenvalue weighted by molar-refractivity contribution is 5.45. The maximum atomic E-state index is 9.08. The van der Waals surface area contributed by atoms with E-state index in [1.807, 2.05) is 25.1 Å². The molecule has 1 aromatic rings. The zero-order valence-corrected chi connectivity index (χ0v) is 12.0. The van der Waals surface area contributed by atoms with Gasteiger partial charge in [0.05, 0.1) is 19.3 Å². The molecular weight excluding hydrogens is 240 g/mol. The summed E-state index contributed by atoms with van der Waals surface area (Å²) in [5.74, 6) is 0.628. The fourth-order valence-electron chi connectivity index (χ4n) is 1.89. The lowest BCUT2D eigenvalue weighted by molar-refractivity contribution is 0.113. The van der Waals surface area contributed by atoms with Crippen LogP contribution in [0.2, 0.25) is 0 Å². The van der Waals surface area contributed by atoms with E-state index in [1.165, 1.54) is 0 Å². The Morgan fingerprint density at radius 3 is 2.68 bits per heavy atom. The minimum atomic E-state index is 0.584. The van der Waals surface area contributed by atoms with Crippen LogP contribution in [0.15, 0.2) is 18.2 Å². The van der Waals surface area contributed by atoms with Crippen molar-refractivity contribution in [3.63, 3.8) is 0 Å². The molecule has 4 nitrogen and oxygen atoms in total. The van der Waals surface area contributed by atoms with Crippen LogP contribution >= 0.6 is 0 Å². The van der Waals surface area contributed by atoms with Gasteiger partial charge < -0.3 is 9.47 Å². The summed E-state index contributed by atoms with van der Waals surface area (Å²) in [6.07, 6.45) is 0. The van der Waals surface area contributed by atoms with Crippen LogP contribution in [0.4, 0.5) is 0 Å². The van der Waals surface area contributed by atoms with Gasteiger partial charge in [-0.1, -0.05) is 13.0 Å². The van der Waals surface area contributed by atoms with Gasteiger partial charge in [0.15, 0.2) is 0 Å². The summed E-state index contributed by atoms with van der Waals surface area (Å²) in [6, 6.07) is 7.91. The topological polar surface area (TPSA) is 45.5 Å². The van der Waals surface area contributed by atoms with Crippen molar-refractivity contribution in [2.24, 2.45) is 0 Å². The van der Waals surface area contributed by atoms with Crippen LogP contribution in [0.5, 0.6) is 5.75 Å². The predicted octanol–water partition coefficient (Wildman–Crippen LogP) is 2.43. The number of nitrogens with zero attached hydrogens (tertiary/aromatic N) is 2. The van der Waals surface area contributed by atoms with Crippen LogP contribution in [-0.4, -0.2) is 38.3 Å². The summed E-state index contributed by atoms with van der Waals surface area (Å²) >= 11 is 0. The van der Waals surface area contributed by atoms with Gasteiger partial charge in [-0.15, -0.1) is 0 Å². The van der Waals surface area contributed by atoms with E-state index in [0.29, 0.717) is 11.3 Å². The smallest absolute Gasteiger partial charge is 0.136 e. The van der Waals surface area contributed by atoms with Crippen LogP contribution in [0.25, 0.3) is 0 Å². The Morgan fingerprint density at radius 1 is 1.32 bits per heavy atom. The Hall–Kier alpha value is -1.57. The number of rotatable bonds is 8. The molecule has 0 radical (unpaired) electrons. The van der Waals surface area contributed by atoms with Crippen molar-refractivity contribution in [2.45, 2.75) is 20.4 Å². The molecule has 0 heterocycles. The molecule has 1 rings (SSSR count). The Bertz CT molecular complexity index is 427. The van der Waals surface area contributed by atoms with Gasteiger partial charge in [0.2, 0.25) is 0 Å². The van der Waals surface area contributed by atoms with Gasteiger partial charge in [0.1, 0.15) is 11.8 Å². The number of hydrogen-bond acceptors (Lipinski definition) is 4. The molecule has 0 saturated carbocycles. The van der Waals surface area contributed by atoms with Crippen LogP contribution in [0, 0.1) is 11.3 Å². The molecule has 0 fully saturated rings. The molecule has 0 N–H and O–H groups in total. The van der Waals surface area contributed by atoms with Crippen LogP contribution in [-0.2, 0) is 11.3 Å². The van der Waals surface area contributed by atoms with E-state index in [0.717, 1.165) is 38.4 Å². The van der Waals surface area contributed by atoms with Crippen molar-refractivity contribution < 1.29 is 9.47 Å². The molecule has 0 atom stereocenters. The minimum Gasteiger partial charge on any atom is -0.495 e. The summed E-state index contributed by atoms with van der Waals surface area (Å²) in [6.45, 7) is 8.30. The first-order chi connectivity index (χ1) is 9.24. The maximum absolute atomic E-state index is 9.08. The maximum Gasteiger partial charge on any atom is 0.136 e. The number of ether oxygens (including phenoxy) is 2. The molecule has 0 bridgehead atoms. The number of nitriles is 1. The Morgan fingerprint density at radius 2 is 2.11 bits per heavy atom. The van der Waals surface area contributed by atoms with Gasteiger partial charge in [-0.3, -0.25) is 4.90 Å². The molecule has 19 heavy (non-hydrogen) atoms. The first-order valence-corrected chi connectivity index (χ1v) is 6.62. The summed E-state index contributed by atoms with van der Waals surface area (Å²) in [5.41, 5.74) is 1.71. The third-order valence-corrected chi connectivity index (χ3v) is 2.99. The molecule has 0 saturated heterocycles. The van der Waals surface area contributed by atoms with Gasteiger partial charge in [-0.05, 0) is 31.2 Å². The van der Waals surface area contributed by atoms with Gasteiger partial charge in [-0.2, -0.15) is 5.26 Å². The van der Waals surface area contributed by atoms with E-state index in [9.17, 15) is 0 Å². The average Bonchev–Trinajstić information content (AvgIpc) is 2.46. The van der Waals surface area contributed by atoms with E-state index in [4.69, 9.17) is 14.7 Å². The van der Waals surface area contributed by atoms with Crippen molar-refractivity contribution in [3.8, 4) is 11.8 Å². The normalized spacial score (nSPS) is 10.5. The van der Waals surface area contributed by atoms with Crippen molar-refractivity contribution in [3.05, 3.63) is 29.3 Å². The number of benzene rings is 1. The fraction of sp³-hybridized carbons (Fsp3) is 0.533. The first kappa shape index (κ1) is 15.5. The molecular formula is C15H22N2O2. The highest BCUT2D eigenvalue weighted by Gasteiger charge is 2.07. The molecule has 0 unspecified atom stereocenters. The summed E-state index contributed by atoms with van der Waals surface area (Å²) in [7, 11) is 1.58. The lowest BCUT2D eigenvalue weighted by atomic mass is 10.1. The molecule has 4 heteroatoms. The van der Waals surface area contributed by atoms with E-state index >= 15 is 0 Å². The average molecular weight is 262 g/mol.